The lowest BCUT2D eigenvalue weighted by atomic mass is 9.74. The molecule has 0 saturated heterocycles. The summed E-state index contributed by atoms with van der Waals surface area (Å²) in [6.07, 6.45) is 9.36. The molecule has 1 aromatic heterocycles. The lowest BCUT2D eigenvalue weighted by Gasteiger charge is -2.33. The van der Waals surface area contributed by atoms with Gasteiger partial charge in [0.25, 0.3) is 0 Å². The molecule has 21 heavy (non-hydrogen) atoms. The first-order valence-electron chi connectivity index (χ1n) is 7.33. The molecule has 0 unspecified atom stereocenters. The third-order valence-corrected chi connectivity index (χ3v) is 4.07. The normalized spacial score (nSPS) is 17.1. The van der Waals surface area contributed by atoms with Gasteiger partial charge in [-0.15, -0.1) is 0 Å². The van der Waals surface area contributed by atoms with Crippen LogP contribution in [-0.4, -0.2) is 39.7 Å². The van der Waals surface area contributed by atoms with E-state index in [1.165, 1.54) is 0 Å². The van der Waals surface area contributed by atoms with Crippen LogP contribution in [0.5, 0.6) is 0 Å². The lowest BCUT2D eigenvalue weighted by molar-refractivity contribution is -0.150. The Kier molecular flexibility index (Phi) is 5.19. The third-order valence-electron chi connectivity index (χ3n) is 4.07. The Hall–Kier alpha value is -2.05. The van der Waals surface area contributed by atoms with Gasteiger partial charge in [-0.25, -0.2) is 9.78 Å². The van der Waals surface area contributed by atoms with Gasteiger partial charge < -0.3 is 20.3 Å². The molecule has 0 spiro atoms. The van der Waals surface area contributed by atoms with Gasteiger partial charge in [0, 0.05) is 32.0 Å². The number of rotatable bonds is 6. The highest BCUT2D eigenvalue weighted by molar-refractivity contribution is 5.78. The van der Waals surface area contributed by atoms with Gasteiger partial charge in [0.15, 0.2) is 0 Å². The predicted octanol–water partition coefficient (Wildman–Crippen LogP) is 1.22. The number of hydrogen-bond acceptors (Lipinski definition) is 3. The maximum Gasteiger partial charge on any atom is 0.314 e. The van der Waals surface area contributed by atoms with Gasteiger partial charge in [0.2, 0.25) is 0 Å². The van der Waals surface area contributed by atoms with Crippen LogP contribution in [0.4, 0.5) is 4.79 Å². The number of amides is 2. The molecule has 0 radical (unpaired) electrons. The van der Waals surface area contributed by atoms with E-state index in [9.17, 15) is 14.7 Å². The molecule has 1 aromatic rings. The van der Waals surface area contributed by atoms with Crippen LogP contribution in [0.2, 0.25) is 0 Å². The number of urea groups is 1. The van der Waals surface area contributed by atoms with Gasteiger partial charge in [-0.05, 0) is 12.8 Å². The smallest absolute Gasteiger partial charge is 0.314 e. The van der Waals surface area contributed by atoms with Gasteiger partial charge in [-0.3, -0.25) is 4.79 Å². The monoisotopic (exact) mass is 294 g/mol. The molecule has 1 heterocycles. The van der Waals surface area contributed by atoms with Crippen molar-refractivity contribution in [2.24, 2.45) is 5.41 Å². The number of carboxylic acid groups (broad SMARTS) is 1. The van der Waals surface area contributed by atoms with Crippen LogP contribution in [0.3, 0.4) is 0 Å². The molecule has 3 N–H and O–H groups in total. The van der Waals surface area contributed by atoms with E-state index in [0.29, 0.717) is 25.9 Å². The van der Waals surface area contributed by atoms with Crippen LogP contribution < -0.4 is 10.6 Å². The number of carbonyl (C=O) groups excluding carboxylic acids is 1. The molecule has 0 atom stereocenters. The molecule has 0 bridgehead atoms. The molecule has 1 aliphatic carbocycles. The summed E-state index contributed by atoms with van der Waals surface area (Å²) in [7, 11) is 0. The summed E-state index contributed by atoms with van der Waals surface area (Å²) >= 11 is 0. The lowest BCUT2D eigenvalue weighted by Crippen LogP contribution is -2.47. The molecule has 1 aliphatic rings. The number of hydrogen-bond donors (Lipinski definition) is 3. The van der Waals surface area contributed by atoms with Crippen LogP contribution >= 0.6 is 0 Å². The number of aromatic nitrogens is 2. The number of imidazole rings is 1. The average molecular weight is 294 g/mol. The van der Waals surface area contributed by atoms with E-state index in [0.717, 1.165) is 19.3 Å². The Bertz CT molecular complexity index is 467. The molecule has 0 aliphatic heterocycles. The van der Waals surface area contributed by atoms with Crippen molar-refractivity contribution >= 4 is 12.0 Å². The Morgan fingerprint density at radius 3 is 2.62 bits per heavy atom. The van der Waals surface area contributed by atoms with Crippen LogP contribution in [0.1, 0.15) is 32.1 Å². The summed E-state index contributed by atoms with van der Waals surface area (Å²) in [4.78, 5) is 27.1. The molecule has 2 rings (SSSR count). The zero-order valence-electron chi connectivity index (χ0n) is 12.0. The summed E-state index contributed by atoms with van der Waals surface area (Å²) in [5, 5.41) is 14.8. The Morgan fingerprint density at radius 1 is 1.24 bits per heavy atom. The zero-order valence-corrected chi connectivity index (χ0v) is 12.0. The van der Waals surface area contributed by atoms with Gasteiger partial charge >= 0.3 is 12.0 Å². The highest BCUT2D eigenvalue weighted by Gasteiger charge is 2.39. The summed E-state index contributed by atoms with van der Waals surface area (Å²) in [5.41, 5.74) is -0.792. The van der Waals surface area contributed by atoms with Gasteiger partial charge in [-0.1, -0.05) is 19.3 Å². The minimum Gasteiger partial charge on any atom is -0.481 e. The second-order valence-electron chi connectivity index (χ2n) is 5.56. The standard InChI is InChI=1S/C14H22N4O3/c19-12(20)14(4-2-1-3-5-14)10-17-13(21)16-7-9-18-8-6-15-11-18/h6,8,11H,1-5,7,9-10H2,(H,19,20)(H2,16,17,21). The van der Waals surface area contributed by atoms with E-state index in [2.05, 4.69) is 15.6 Å². The summed E-state index contributed by atoms with van der Waals surface area (Å²) in [5.74, 6) is -0.805. The number of carboxylic acids is 1. The Morgan fingerprint density at radius 2 is 2.00 bits per heavy atom. The molecule has 2 amide bonds. The van der Waals surface area contributed by atoms with Gasteiger partial charge in [0.1, 0.15) is 0 Å². The molecule has 1 fully saturated rings. The fourth-order valence-electron chi connectivity index (χ4n) is 2.72. The molecule has 7 heteroatoms. The molecule has 1 saturated carbocycles. The Labute approximate surface area is 123 Å². The van der Waals surface area contributed by atoms with Crippen molar-refractivity contribution in [3.8, 4) is 0 Å². The van der Waals surface area contributed by atoms with E-state index >= 15 is 0 Å². The van der Waals surface area contributed by atoms with E-state index in [1.54, 1.807) is 12.5 Å². The number of nitrogens with zero attached hydrogens (tertiary/aromatic N) is 2. The SMILES string of the molecule is O=C(NCCn1ccnc1)NCC1(C(=O)O)CCCCC1. The fourth-order valence-corrected chi connectivity index (χ4v) is 2.72. The van der Waals surface area contributed by atoms with Crippen LogP contribution in [0, 0.1) is 5.41 Å². The summed E-state index contributed by atoms with van der Waals surface area (Å²) in [6, 6.07) is -0.318. The van der Waals surface area contributed by atoms with Gasteiger partial charge in [0.05, 0.1) is 11.7 Å². The van der Waals surface area contributed by atoms with E-state index in [1.807, 2.05) is 10.8 Å². The third kappa shape index (κ3) is 4.21. The Balaban J connectivity index is 1.72. The first-order chi connectivity index (χ1) is 10.1. The van der Waals surface area contributed by atoms with E-state index < -0.39 is 11.4 Å². The fraction of sp³-hybridized carbons (Fsp3) is 0.643. The predicted molar refractivity (Wildman–Crippen MR) is 76.8 cm³/mol. The molecular weight excluding hydrogens is 272 g/mol. The van der Waals surface area contributed by atoms with Gasteiger partial charge in [-0.2, -0.15) is 0 Å². The topological polar surface area (TPSA) is 96.3 Å². The van der Waals surface area contributed by atoms with Crippen LogP contribution in [0.25, 0.3) is 0 Å². The maximum atomic E-state index is 11.7. The second-order valence-corrected chi connectivity index (χ2v) is 5.56. The first kappa shape index (κ1) is 15.3. The zero-order chi connectivity index (χ0) is 15.1. The quantitative estimate of drug-likeness (QED) is 0.735. The summed E-state index contributed by atoms with van der Waals surface area (Å²) < 4.78 is 1.86. The van der Waals surface area contributed by atoms with E-state index in [4.69, 9.17) is 0 Å². The maximum absolute atomic E-state index is 11.7. The van der Waals surface area contributed by atoms with Crippen LogP contribution in [0.15, 0.2) is 18.7 Å². The van der Waals surface area contributed by atoms with Crippen molar-refractivity contribution < 1.29 is 14.7 Å². The van der Waals surface area contributed by atoms with Crippen molar-refractivity contribution in [2.45, 2.75) is 38.6 Å². The number of nitrogens with one attached hydrogen (secondary N) is 2. The molecule has 7 nitrogen and oxygen atoms in total. The summed E-state index contributed by atoms with van der Waals surface area (Å²) in [6.45, 7) is 1.30. The van der Waals surface area contributed by atoms with Crippen LogP contribution in [-0.2, 0) is 11.3 Å². The molecular formula is C14H22N4O3. The average Bonchev–Trinajstić information content (AvgIpc) is 2.99. The second kappa shape index (κ2) is 7.10. The van der Waals surface area contributed by atoms with Crippen molar-refractivity contribution in [3.05, 3.63) is 18.7 Å². The first-order valence-corrected chi connectivity index (χ1v) is 7.33. The minimum absolute atomic E-state index is 0.194. The largest absolute Gasteiger partial charge is 0.481 e. The van der Waals surface area contributed by atoms with Crippen molar-refractivity contribution in [1.29, 1.82) is 0 Å². The van der Waals surface area contributed by atoms with Crippen molar-refractivity contribution in [2.75, 3.05) is 13.1 Å². The highest BCUT2D eigenvalue weighted by atomic mass is 16.4. The minimum atomic E-state index is -0.805. The number of carbonyl (C=O) groups is 2. The van der Waals surface area contributed by atoms with Crippen molar-refractivity contribution in [3.63, 3.8) is 0 Å². The number of aliphatic carboxylic acids is 1. The van der Waals surface area contributed by atoms with E-state index in [-0.39, 0.29) is 12.6 Å². The molecule has 116 valence electrons. The van der Waals surface area contributed by atoms with Crippen molar-refractivity contribution in [1.82, 2.24) is 20.2 Å². The highest BCUT2D eigenvalue weighted by Crippen LogP contribution is 2.35. The molecule has 0 aromatic carbocycles.